The second-order valence-electron chi connectivity index (χ2n) is 0. The van der Waals surface area contributed by atoms with E-state index in [1.54, 1.807) is 0 Å². The summed E-state index contributed by atoms with van der Waals surface area (Å²) in [7, 11) is 0. The van der Waals surface area contributed by atoms with Crippen molar-refractivity contribution in [1.29, 1.82) is 0 Å². The molecule has 0 bridgehead atoms. The summed E-state index contributed by atoms with van der Waals surface area (Å²) in [6, 6.07) is 0. The molecule has 0 heterocycles. The third kappa shape index (κ3) is 42.3. The maximum atomic E-state index is 0. The number of rotatable bonds is 0. The molecule has 0 aromatic rings. The van der Waals surface area contributed by atoms with Crippen LogP contribution in [0.4, 0.5) is 0 Å². The first-order valence-electron chi connectivity index (χ1n) is 0. The second kappa shape index (κ2) is 54.1. The Hall–Kier alpha value is 3.66. The van der Waals surface area contributed by atoms with Crippen LogP contribution in [0.1, 0.15) is 0 Å². The summed E-state index contributed by atoms with van der Waals surface area (Å²) in [5.41, 5.74) is 0. The van der Waals surface area contributed by atoms with Gasteiger partial charge in [0.05, 0.1) is 0 Å². The van der Waals surface area contributed by atoms with E-state index >= 15 is 0 Å². The van der Waals surface area contributed by atoms with E-state index in [0.717, 1.165) is 0 Å². The van der Waals surface area contributed by atoms with Gasteiger partial charge in [0.25, 0.3) is 0 Å². The first-order valence-corrected chi connectivity index (χ1v) is 0. The zero-order valence-electron chi connectivity index (χ0n) is 2.00. The van der Waals surface area contributed by atoms with E-state index in [0.29, 0.717) is 0 Å². The van der Waals surface area contributed by atoms with Gasteiger partial charge >= 0.3 is 117 Å². The summed E-state index contributed by atoms with van der Waals surface area (Å²) in [6.07, 6.45) is 0. The third-order valence-corrected chi connectivity index (χ3v) is 0. The van der Waals surface area contributed by atoms with Gasteiger partial charge < -0.3 is 21.9 Å². The van der Waals surface area contributed by atoms with Crippen LogP contribution in [-0.4, -0.2) is 139 Å². The van der Waals surface area contributed by atoms with Gasteiger partial charge in [-0.3, -0.25) is 0 Å². The van der Waals surface area contributed by atoms with E-state index in [-0.39, 0.29) is 139 Å². The van der Waals surface area contributed by atoms with E-state index in [9.17, 15) is 0 Å². The van der Waals surface area contributed by atoms with Gasteiger partial charge in [0.15, 0.2) is 0 Å². The van der Waals surface area contributed by atoms with Crippen LogP contribution in [0.3, 0.4) is 0 Å². The van der Waals surface area contributed by atoms with Gasteiger partial charge in [0, 0.05) is 0 Å². The molecular formula is H14BaMgO4Sr. The molecule has 7 heteroatoms. The summed E-state index contributed by atoms with van der Waals surface area (Å²) in [4.78, 5) is 0. The van der Waals surface area contributed by atoms with Crippen molar-refractivity contribution < 1.29 is 21.9 Å². The van der Waals surface area contributed by atoms with Crippen LogP contribution in [-0.2, 0) is 0 Å². The molecule has 0 fully saturated rings. The van der Waals surface area contributed by atoms with Gasteiger partial charge in [-0.05, 0) is 0 Å². The first-order chi connectivity index (χ1) is 0. The predicted molar refractivity (Wildman–Crippen MR) is 40.1 cm³/mol. The van der Waals surface area contributed by atoms with Crippen LogP contribution in [0.25, 0.3) is 0 Å². The molecule has 8 N–H and O–H groups in total. The van der Waals surface area contributed by atoms with Crippen molar-refractivity contribution in [3.05, 3.63) is 0 Å². The van der Waals surface area contributed by atoms with Crippen molar-refractivity contribution in [2.45, 2.75) is 0 Å². The van der Waals surface area contributed by atoms with Gasteiger partial charge in [-0.25, -0.2) is 0 Å². The van der Waals surface area contributed by atoms with Crippen LogP contribution in [0, 0.1) is 0 Å². The van der Waals surface area contributed by atoms with Crippen LogP contribution in [0.2, 0.25) is 0 Å². The molecule has 0 aliphatic heterocycles. The molecule has 0 radical (unpaired) electrons. The predicted octanol–water partition coefficient (Wildman–Crippen LogP) is -6.05. The molecule has 0 aromatic heterocycles. The fourth-order valence-corrected chi connectivity index (χ4v) is 0. The monoisotopic (exact) mass is 328 g/mol. The minimum atomic E-state index is 0. The molecule has 44 valence electrons. The van der Waals surface area contributed by atoms with Gasteiger partial charge in [-0.1, -0.05) is 0 Å². The molecule has 0 atom stereocenters. The molecule has 7 heavy (non-hydrogen) atoms. The van der Waals surface area contributed by atoms with Crippen LogP contribution >= 0.6 is 0 Å². The SMILES string of the molecule is O.O.O.O.[BaH2].[MgH2].[SrH2]. The second-order valence-corrected chi connectivity index (χ2v) is 0. The van der Waals surface area contributed by atoms with Gasteiger partial charge in [0.2, 0.25) is 0 Å². The minimum absolute atomic E-state index is 0. The molecule has 0 unspecified atom stereocenters. The van der Waals surface area contributed by atoms with Crippen molar-refractivity contribution in [3.8, 4) is 0 Å². The van der Waals surface area contributed by atoms with Crippen LogP contribution in [0.15, 0.2) is 0 Å². The molecule has 0 amide bonds. The summed E-state index contributed by atoms with van der Waals surface area (Å²) in [5, 5.41) is 0. The van der Waals surface area contributed by atoms with E-state index in [1.807, 2.05) is 0 Å². The number of hydrogen-bond donors (Lipinski definition) is 0. The first kappa shape index (κ1) is 74.3. The van der Waals surface area contributed by atoms with E-state index in [4.69, 9.17) is 0 Å². The average molecular weight is 327 g/mol. The molecule has 4 nitrogen and oxygen atoms in total. The Kier molecular flexibility index (Phi) is 574. The van der Waals surface area contributed by atoms with E-state index < -0.39 is 0 Å². The molecule has 0 rings (SSSR count). The standard InChI is InChI=1S/Ba.Mg.4H2O.Sr.6H/h;;4*1H2;;;;;;;. The molecule has 0 saturated carbocycles. The Bertz CT molecular complexity index is 11.7. The Morgan fingerprint density at radius 1 is 0.571 bits per heavy atom. The zero-order chi connectivity index (χ0) is 0. The Morgan fingerprint density at radius 2 is 0.571 bits per heavy atom. The maximum absolute atomic E-state index is 0. The Morgan fingerprint density at radius 3 is 0.571 bits per heavy atom. The topological polar surface area (TPSA) is 126 Å². The zero-order valence-corrected chi connectivity index (χ0v) is 2.00. The van der Waals surface area contributed by atoms with Crippen molar-refractivity contribution in [3.63, 3.8) is 0 Å². The molecule has 0 aliphatic carbocycles. The van der Waals surface area contributed by atoms with Crippen molar-refractivity contribution in [2.75, 3.05) is 0 Å². The van der Waals surface area contributed by atoms with Crippen LogP contribution < -0.4 is 0 Å². The summed E-state index contributed by atoms with van der Waals surface area (Å²) >= 11 is 0. The van der Waals surface area contributed by atoms with Crippen molar-refractivity contribution in [2.24, 2.45) is 0 Å². The van der Waals surface area contributed by atoms with Crippen LogP contribution in [0.5, 0.6) is 0 Å². The molecule has 0 spiro atoms. The summed E-state index contributed by atoms with van der Waals surface area (Å²) < 4.78 is 0. The fraction of sp³-hybridized carbons (Fsp3) is 0. The number of hydrogen-bond acceptors (Lipinski definition) is 0. The van der Waals surface area contributed by atoms with Gasteiger partial charge in [0.1, 0.15) is 0 Å². The van der Waals surface area contributed by atoms with Crippen molar-refractivity contribution >= 4 is 117 Å². The summed E-state index contributed by atoms with van der Waals surface area (Å²) in [6.45, 7) is 0. The van der Waals surface area contributed by atoms with E-state index in [1.165, 1.54) is 0 Å². The van der Waals surface area contributed by atoms with Crippen molar-refractivity contribution in [1.82, 2.24) is 0 Å². The molecule has 0 saturated heterocycles. The Labute approximate surface area is 136 Å². The van der Waals surface area contributed by atoms with Gasteiger partial charge in [-0.2, -0.15) is 0 Å². The molecular weight excluding hydrogens is 313 g/mol. The normalized spacial score (nSPS) is 0. The fourth-order valence-electron chi connectivity index (χ4n) is 0. The molecule has 0 aliphatic rings. The Balaban J connectivity index is 0. The average Bonchev–Trinajstić information content (AvgIpc) is 0. The van der Waals surface area contributed by atoms with Gasteiger partial charge in [-0.15, -0.1) is 0 Å². The molecule has 0 aromatic carbocycles. The third-order valence-electron chi connectivity index (χ3n) is 0. The van der Waals surface area contributed by atoms with E-state index in [2.05, 4.69) is 0 Å². The quantitative estimate of drug-likeness (QED) is 0.393. The summed E-state index contributed by atoms with van der Waals surface area (Å²) in [5.74, 6) is 0.